The van der Waals surface area contributed by atoms with E-state index in [0.717, 1.165) is 5.56 Å². The summed E-state index contributed by atoms with van der Waals surface area (Å²) < 4.78 is 26.0. The van der Waals surface area contributed by atoms with Gasteiger partial charge in [0, 0.05) is 25.8 Å². The largest absolute Gasteiger partial charge is 0.464 e. The van der Waals surface area contributed by atoms with Crippen molar-refractivity contribution >= 4 is 51.9 Å². The van der Waals surface area contributed by atoms with E-state index in [1.807, 2.05) is 30.3 Å². The molecule has 1 aromatic carbocycles. The van der Waals surface area contributed by atoms with Crippen LogP contribution in [0.1, 0.15) is 38.3 Å². The SMILES string of the molecule is C#C[C@@]1(C)[C@@H](COC(Cc2ccccc2)(C(=O)OCC)c2cscn2)O[C@@H](n2cnc3c(NC)nc(Cl)nc32)[C@@H]1OC(C)=O. The van der Waals surface area contributed by atoms with E-state index in [4.69, 9.17) is 37.0 Å². The van der Waals surface area contributed by atoms with Gasteiger partial charge in [-0.05, 0) is 31.0 Å². The van der Waals surface area contributed by atoms with Gasteiger partial charge in [-0.25, -0.2) is 14.8 Å². The first-order valence-corrected chi connectivity index (χ1v) is 15.1. The van der Waals surface area contributed by atoms with Crippen LogP contribution in [0.4, 0.5) is 5.82 Å². The third-order valence-corrected chi connectivity index (χ3v) is 8.32. The fourth-order valence-electron chi connectivity index (χ4n) is 5.28. The third-order valence-electron chi connectivity index (χ3n) is 7.56. The van der Waals surface area contributed by atoms with Gasteiger partial charge in [0.15, 0.2) is 29.3 Å². The summed E-state index contributed by atoms with van der Waals surface area (Å²) in [6.07, 6.45) is 4.92. The van der Waals surface area contributed by atoms with E-state index >= 15 is 0 Å². The number of ether oxygens (including phenoxy) is 4. The Morgan fingerprint density at radius 2 is 2.05 bits per heavy atom. The Labute approximate surface area is 263 Å². The van der Waals surface area contributed by atoms with Crippen molar-refractivity contribution in [2.75, 3.05) is 25.6 Å². The van der Waals surface area contributed by atoms with E-state index < -0.39 is 41.4 Å². The zero-order valence-electron chi connectivity index (χ0n) is 24.5. The van der Waals surface area contributed by atoms with Crippen LogP contribution >= 0.6 is 22.9 Å². The van der Waals surface area contributed by atoms with Crippen molar-refractivity contribution in [2.24, 2.45) is 5.41 Å². The Hall–Kier alpha value is -4.09. The molecular formula is C30H31ClN6O6S. The second-order valence-electron chi connectivity index (χ2n) is 10.3. The topological polar surface area (TPSA) is 140 Å². The van der Waals surface area contributed by atoms with Crippen LogP contribution in [0, 0.1) is 17.8 Å². The zero-order chi connectivity index (χ0) is 31.5. The van der Waals surface area contributed by atoms with Gasteiger partial charge in [0.2, 0.25) is 10.9 Å². The van der Waals surface area contributed by atoms with Crippen molar-refractivity contribution in [1.29, 1.82) is 0 Å². The Bertz CT molecular complexity index is 1680. The summed E-state index contributed by atoms with van der Waals surface area (Å²) in [6.45, 7) is 4.70. The molecule has 0 spiro atoms. The first-order chi connectivity index (χ1) is 21.2. The smallest absolute Gasteiger partial charge is 0.345 e. The lowest BCUT2D eigenvalue weighted by molar-refractivity contribution is -0.182. The molecular weight excluding hydrogens is 608 g/mol. The third kappa shape index (κ3) is 5.73. The molecule has 230 valence electrons. The van der Waals surface area contributed by atoms with Crippen LogP contribution in [0.5, 0.6) is 0 Å². The van der Waals surface area contributed by atoms with Crippen molar-refractivity contribution in [3.8, 4) is 12.3 Å². The standard InChI is InChI=1S/C30H31ClN6O6S/c1-6-29(4)21(14-41-30(27(39)40-7-2,20-15-44-17-34-20)13-19-11-9-8-10-12-19)43-26(23(29)42-18(3)38)37-16-33-22-24(32-5)35-28(31)36-25(22)37/h1,8-12,15-17,21,23,26H,7,13-14H2,2-5H3,(H,32,35,36)/t21-,23+,26-,29+,30?/m1/s1. The number of aromatic nitrogens is 5. The normalized spacial score (nSPS) is 22.7. The molecule has 14 heteroatoms. The highest BCUT2D eigenvalue weighted by atomic mass is 35.5. The van der Waals surface area contributed by atoms with Crippen LogP contribution in [-0.4, -0.2) is 68.9 Å². The van der Waals surface area contributed by atoms with Gasteiger partial charge in [-0.2, -0.15) is 9.97 Å². The maximum Gasteiger partial charge on any atom is 0.345 e. The van der Waals surface area contributed by atoms with Gasteiger partial charge in [0.25, 0.3) is 0 Å². The molecule has 1 aliphatic rings. The Balaban J connectivity index is 1.56. The summed E-state index contributed by atoms with van der Waals surface area (Å²) in [5, 5.41) is 4.68. The lowest BCUT2D eigenvalue weighted by atomic mass is 9.81. The fourth-order valence-corrected chi connectivity index (χ4v) is 6.06. The van der Waals surface area contributed by atoms with E-state index in [2.05, 4.69) is 31.2 Å². The Kier molecular flexibility index (Phi) is 9.17. The maximum absolute atomic E-state index is 13.7. The average Bonchev–Trinajstić information content (AvgIpc) is 3.75. The molecule has 1 unspecified atom stereocenters. The van der Waals surface area contributed by atoms with E-state index in [0.29, 0.717) is 22.7 Å². The highest BCUT2D eigenvalue weighted by Gasteiger charge is 2.57. The molecule has 4 heterocycles. The Morgan fingerprint density at radius 3 is 2.68 bits per heavy atom. The number of carbonyl (C=O) groups excluding carboxylic acids is 2. The number of thiazole rings is 1. The van der Waals surface area contributed by atoms with Crippen LogP contribution in [0.15, 0.2) is 47.5 Å². The summed E-state index contributed by atoms with van der Waals surface area (Å²) in [5.41, 5.74) is 0.781. The number of anilines is 1. The summed E-state index contributed by atoms with van der Waals surface area (Å²) in [4.78, 5) is 43.5. The molecule has 0 radical (unpaired) electrons. The molecule has 44 heavy (non-hydrogen) atoms. The molecule has 4 aromatic rings. The van der Waals surface area contributed by atoms with Gasteiger partial charge in [0.05, 0.1) is 36.2 Å². The van der Waals surface area contributed by atoms with Crippen molar-refractivity contribution in [3.05, 3.63) is 64.1 Å². The number of imidazole rings is 1. The number of carbonyl (C=O) groups is 2. The second-order valence-corrected chi connectivity index (χ2v) is 11.3. The molecule has 5 atom stereocenters. The molecule has 0 amide bonds. The molecule has 12 nitrogen and oxygen atoms in total. The van der Waals surface area contributed by atoms with Crippen LogP contribution in [0.2, 0.25) is 5.28 Å². The number of halogens is 1. The molecule has 1 saturated heterocycles. The number of rotatable bonds is 11. The number of terminal acetylenes is 1. The first-order valence-electron chi connectivity index (χ1n) is 13.8. The predicted octanol–water partition coefficient (Wildman–Crippen LogP) is 4.16. The highest BCUT2D eigenvalue weighted by Crippen LogP contribution is 2.47. The number of fused-ring (bicyclic) bond motifs is 1. The van der Waals surface area contributed by atoms with Crippen LogP contribution in [-0.2, 0) is 40.6 Å². The predicted molar refractivity (Wildman–Crippen MR) is 163 cm³/mol. The maximum atomic E-state index is 13.7. The van der Waals surface area contributed by atoms with Crippen molar-refractivity contribution in [3.63, 3.8) is 0 Å². The minimum absolute atomic E-state index is 0.0198. The summed E-state index contributed by atoms with van der Waals surface area (Å²) >= 11 is 7.54. The molecule has 5 rings (SSSR count). The van der Waals surface area contributed by atoms with E-state index in [9.17, 15) is 9.59 Å². The monoisotopic (exact) mass is 638 g/mol. The van der Waals surface area contributed by atoms with E-state index in [1.165, 1.54) is 24.6 Å². The fraction of sp³-hybridized carbons (Fsp3) is 0.400. The summed E-state index contributed by atoms with van der Waals surface area (Å²) in [6, 6.07) is 9.42. The van der Waals surface area contributed by atoms with Gasteiger partial charge >= 0.3 is 11.9 Å². The summed E-state index contributed by atoms with van der Waals surface area (Å²) in [5.74, 6) is 2.02. The van der Waals surface area contributed by atoms with E-state index in [1.54, 1.807) is 36.4 Å². The number of esters is 2. The number of nitrogens with zero attached hydrogens (tertiary/aromatic N) is 5. The number of hydrogen-bond donors (Lipinski definition) is 1. The van der Waals surface area contributed by atoms with Gasteiger partial charge in [-0.15, -0.1) is 17.8 Å². The Morgan fingerprint density at radius 1 is 1.27 bits per heavy atom. The number of hydrogen-bond acceptors (Lipinski definition) is 12. The minimum Gasteiger partial charge on any atom is -0.464 e. The zero-order valence-corrected chi connectivity index (χ0v) is 26.1. The molecule has 0 bridgehead atoms. The van der Waals surface area contributed by atoms with E-state index in [-0.39, 0.29) is 24.9 Å². The van der Waals surface area contributed by atoms with Gasteiger partial charge < -0.3 is 24.3 Å². The van der Waals surface area contributed by atoms with Crippen LogP contribution in [0.25, 0.3) is 11.2 Å². The van der Waals surface area contributed by atoms with Crippen LogP contribution in [0.3, 0.4) is 0 Å². The van der Waals surface area contributed by atoms with Crippen molar-refractivity contribution < 1.29 is 28.5 Å². The molecule has 1 fully saturated rings. The first kappa shape index (κ1) is 31.3. The molecule has 3 aromatic heterocycles. The van der Waals surface area contributed by atoms with Crippen LogP contribution < -0.4 is 5.32 Å². The highest BCUT2D eigenvalue weighted by molar-refractivity contribution is 7.07. The average molecular weight is 639 g/mol. The number of nitrogens with one attached hydrogen (secondary N) is 1. The molecule has 1 aliphatic heterocycles. The second kappa shape index (κ2) is 12.9. The molecule has 0 saturated carbocycles. The molecule has 0 aliphatic carbocycles. The lowest BCUT2D eigenvalue weighted by Crippen LogP contribution is -2.47. The number of benzene rings is 1. The minimum atomic E-state index is -1.62. The lowest BCUT2D eigenvalue weighted by Gasteiger charge is -2.34. The van der Waals surface area contributed by atoms with Crippen molar-refractivity contribution in [1.82, 2.24) is 24.5 Å². The molecule has 1 N–H and O–H groups in total. The quantitative estimate of drug-likeness (QED) is 0.144. The van der Waals surface area contributed by atoms with Gasteiger partial charge in [-0.1, -0.05) is 36.3 Å². The van der Waals surface area contributed by atoms with Crippen molar-refractivity contribution in [2.45, 2.75) is 51.2 Å². The summed E-state index contributed by atoms with van der Waals surface area (Å²) in [7, 11) is 1.68. The van der Waals surface area contributed by atoms with Gasteiger partial charge in [0.1, 0.15) is 6.10 Å². The van der Waals surface area contributed by atoms with Gasteiger partial charge in [-0.3, -0.25) is 9.36 Å².